The lowest BCUT2D eigenvalue weighted by Crippen LogP contribution is -2.23. The second kappa shape index (κ2) is 5.30. The molecule has 1 aromatic rings. The van der Waals surface area contributed by atoms with Gasteiger partial charge >= 0.3 is 0 Å². The molecule has 0 spiro atoms. The molecule has 0 fully saturated rings. The fourth-order valence-corrected chi connectivity index (χ4v) is 1.36. The number of allylic oxidation sites excluding steroid dienone is 1. The summed E-state index contributed by atoms with van der Waals surface area (Å²) in [5.74, 6) is 0.702. The van der Waals surface area contributed by atoms with Crippen LogP contribution in [0.1, 0.15) is 24.1 Å². The third-order valence-corrected chi connectivity index (χ3v) is 2.13. The predicted molar refractivity (Wildman–Crippen MR) is 63.9 cm³/mol. The minimum absolute atomic E-state index is 0.142. The van der Waals surface area contributed by atoms with Gasteiger partial charge in [0, 0.05) is 12.0 Å². The molecular weight excluding hydrogens is 202 g/mol. The first-order valence-electron chi connectivity index (χ1n) is 5.13. The molecule has 2 N–H and O–H groups in total. The van der Waals surface area contributed by atoms with Gasteiger partial charge in [-0.2, -0.15) is 0 Å². The number of carbonyl (C=O) groups is 1. The van der Waals surface area contributed by atoms with Crippen molar-refractivity contribution < 1.29 is 4.79 Å². The molecule has 0 aliphatic heterocycles. The van der Waals surface area contributed by atoms with Crippen molar-refractivity contribution >= 4 is 5.91 Å². The van der Waals surface area contributed by atoms with E-state index in [2.05, 4.69) is 28.4 Å². The third-order valence-electron chi connectivity index (χ3n) is 2.13. The summed E-state index contributed by atoms with van der Waals surface area (Å²) in [6.45, 7) is 11.3. The summed E-state index contributed by atoms with van der Waals surface area (Å²) in [4.78, 5) is 18.8. The molecule has 4 nitrogen and oxygen atoms in total. The molecule has 0 aromatic carbocycles. The number of hydrogen-bond donors (Lipinski definition) is 2. The Bertz CT molecular complexity index is 418. The molecule has 4 heteroatoms. The lowest BCUT2D eigenvalue weighted by atomic mass is 10.2. The number of aryl methyl sites for hydroxylation is 1. The Morgan fingerprint density at radius 3 is 2.88 bits per heavy atom. The molecule has 0 aliphatic rings. The molecule has 1 rings (SSSR count). The summed E-state index contributed by atoms with van der Waals surface area (Å²) in [5.41, 5.74) is 2.35. The van der Waals surface area contributed by atoms with Gasteiger partial charge in [0.25, 0.3) is 0 Å². The molecule has 0 aliphatic carbocycles. The minimum Gasteiger partial charge on any atom is -0.347 e. The number of amides is 1. The number of nitrogens with zero attached hydrogens (tertiary/aromatic N) is 1. The van der Waals surface area contributed by atoms with Crippen molar-refractivity contribution in [1.29, 1.82) is 0 Å². The van der Waals surface area contributed by atoms with E-state index in [1.165, 1.54) is 0 Å². The molecule has 0 saturated carbocycles. The number of H-pyrrole nitrogens is 1. The Labute approximate surface area is 95.5 Å². The van der Waals surface area contributed by atoms with E-state index in [0.29, 0.717) is 18.5 Å². The van der Waals surface area contributed by atoms with E-state index in [1.807, 2.05) is 6.92 Å². The SMILES string of the molecule is C=CCc1nc(C)[nH]c1CNC(=O)C(=C)C. The number of nitrogens with one attached hydrogen (secondary N) is 2. The molecule has 0 unspecified atom stereocenters. The maximum Gasteiger partial charge on any atom is 0.246 e. The molecule has 0 atom stereocenters. The van der Waals surface area contributed by atoms with Crippen LogP contribution in [-0.2, 0) is 17.8 Å². The highest BCUT2D eigenvalue weighted by Crippen LogP contribution is 2.07. The van der Waals surface area contributed by atoms with Crippen LogP contribution in [0.2, 0.25) is 0 Å². The van der Waals surface area contributed by atoms with E-state index in [9.17, 15) is 4.79 Å². The normalized spacial score (nSPS) is 9.88. The Hall–Kier alpha value is -1.84. The van der Waals surface area contributed by atoms with Crippen molar-refractivity contribution in [3.8, 4) is 0 Å². The second-order valence-corrected chi connectivity index (χ2v) is 3.70. The van der Waals surface area contributed by atoms with E-state index in [0.717, 1.165) is 17.2 Å². The van der Waals surface area contributed by atoms with Crippen LogP contribution in [0.15, 0.2) is 24.8 Å². The van der Waals surface area contributed by atoms with E-state index < -0.39 is 0 Å². The minimum atomic E-state index is -0.142. The first-order valence-corrected chi connectivity index (χ1v) is 5.13. The number of carbonyl (C=O) groups excluding carboxylic acids is 1. The van der Waals surface area contributed by atoms with Crippen LogP contribution in [0, 0.1) is 6.92 Å². The van der Waals surface area contributed by atoms with E-state index in [1.54, 1.807) is 13.0 Å². The van der Waals surface area contributed by atoms with Gasteiger partial charge in [-0.1, -0.05) is 12.7 Å². The van der Waals surface area contributed by atoms with Crippen molar-refractivity contribution in [2.75, 3.05) is 0 Å². The average molecular weight is 219 g/mol. The number of hydrogen-bond acceptors (Lipinski definition) is 2. The molecular formula is C12H17N3O. The van der Waals surface area contributed by atoms with Crippen molar-refractivity contribution in [1.82, 2.24) is 15.3 Å². The highest BCUT2D eigenvalue weighted by atomic mass is 16.1. The van der Waals surface area contributed by atoms with Crippen LogP contribution < -0.4 is 5.32 Å². The monoisotopic (exact) mass is 219 g/mol. The van der Waals surface area contributed by atoms with Crippen LogP contribution in [-0.4, -0.2) is 15.9 Å². The number of rotatable bonds is 5. The first kappa shape index (κ1) is 12.2. The Morgan fingerprint density at radius 1 is 1.62 bits per heavy atom. The third kappa shape index (κ3) is 3.08. The van der Waals surface area contributed by atoms with Gasteiger partial charge in [0.05, 0.1) is 17.9 Å². The van der Waals surface area contributed by atoms with Crippen LogP contribution in [0.3, 0.4) is 0 Å². The fraction of sp³-hybridized carbons (Fsp3) is 0.333. The first-order chi connectivity index (χ1) is 7.54. The van der Waals surface area contributed by atoms with Gasteiger partial charge in [0.2, 0.25) is 5.91 Å². The summed E-state index contributed by atoms with van der Waals surface area (Å²) in [5, 5.41) is 2.77. The number of aromatic amines is 1. The highest BCUT2D eigenvalue weighted by Gasteiger charge is 2.08. The Balaban J connectivity index is 2.69. The van der Waals surface area contributed by atoms with Crippen LogP contribution in [0.4, 0.5) is 0 Å². The Morgan fingerprint density at radius 2 is 2.31 bits per heavy atom. The van der Waals surface area contributed by atoms with Gasteiger partial charge in [0.1, 0.15) is 5.82 Å². The predicted octanol–water partition coefficient (Wildman–Crippen LogP) is 1.64. The molecule has 1 heterocycles. The molecule has 0 radical (unpaired) electrons. The quantitative estimate of drug-likeness (QED) is 0.584. The Kier molecular flexibility index (Phi) is 4.05. The fourth-order valence-electron chi connectivity index (χ4n) is 1.36. The zero-order valence-electron chi connectivity index (χ0n) is 9.76. The van der Waals surface area contributed by atoms with Crippen LogP contribution in [0.5, 0.6) is 0 Å². The van der Waals surface area contributed by atoms with Gasteiger partial charge in [0.15, 0.2) is 0 Å². The molecule has 0 saturated heterocycles. The van der Waals surface area contributed by atoms with Gasteiger partial charge in [-0.05, 0) is 13.8 Å². The molecule has 86 valence electrons. The van der Waals surface area contributed by atoms with Crippen molar-refractivity contribution in [3.63, 3.8) is 0 Å². The zero-order chi connectivity index (χ0) is 12.1. The smallest absolute Gasteiger partial charge is 0.246 e. The summed E-state index contributed by atoms with van der Waals surface area (Å²) < 4.78 is 0. The van der Waals surface area contributed by atoms with E-state index in [-0.39, 0.29) is 5.91 Å². The zero-order valence-corrected chi connectivity index (χ0v) is 9.76. The van der Waals surface area contributed by atoms with Crippen molar-refractivity contribution in [2.45, 2.75) is 26.8 Å². The van der Waals surface area contributed by atoms with Gasteiger partial charge in [-0.3, -0.25) is 4.79 Å². The second-order valence-electron chi connectivity index (χ2n) is 3.70. The summed E-state index contributed by atoms with van der Waals surface area (Å²) >= 11 is 0. The van der Waals surface area contributed by atoms with Gasteiger partial charge in [-0.25, -0.2) is 4.98 Å². The largest absolute Gasteiger partial charge is 0.347 e. The maximum atomic E-state index is 11.3. The molecule has 1 aromatic heterocycles. The number of imidazole rings is 1. The summed E-state index contributed by atoms with van der Waals surface area (Å²) in [7, 11) is 0. The van der Waals surface area contributed by atoms with Gasteiger partial charge < -0.3 is 10.3 Å². The van der Waals surface area contributed by atoms with Crippen LogP contribution in [0.25, 0.3) is 0 Å². The molecule has 0 bridgehead atoms. The molecule has 16 heavy (non-hydrogen) atoms. The summed E-state index contributed by atoms with van der Waals surface area (Å²) in [6, 6.07) is 0. The van der Waals surface area contributed by atoms with Gasteiger partial charge in [-0.15, -0.1) is 6.58 Å². The van der Waals surface area contributed by atoms with E-state index >= 15 is 0 Å². The topological polar surface area (TPSA) is 57.8 Å². The lowest BCUT2D eigenvalue weighted by molar-refractivity contribution is -0.117. The van der Waals surface area contributed by atoms with E-state index in [4.69, 9.17) is 0 Å². The molecule has 1 amide bonds. The summed E-state index contributed by atoms with van der Waals surface area (Å²) in [6.07, 6.45) is 2.49. The van der Waals surface area contributed by atoms with Crippen LogP contribution >= 0.6 is 0 Å². The number of aromatic nitrogens is 2. The maximum absolute atomic E-state index is 11.3. The average Bonchev–Trinajstić information content (AvgIpc) is 2.56. The standard InChI is InChI=1S/C12H17N3O/c1-5-6-10-11(15-9(4)14-10)7-13-12(16)8(2)3/h5H,1-2,6-7H2,3-4H3,(H,13,16)(H,14,15). The highest BCUT2D eigenvalue weighted by molar-refractivity contribution is 5.91. The van der Waals surface area contributed by atoms with Crippen molar-refractivity contribution in [2.24, 2.45) is 0 Å². The lowest BCUT2D eigenvalue weighted by Gasteiger charge is -2.04. The van der Waals surface area contributed by atoms with Crippen molar-refractivity contribution in [3.05, 3.63) is 42.0 Å².